The summed E-state index contributed by atoms with van der Waals surface area (Å²) in [6.07, 6.45) is 3.34. The molecule has 8 nitrogen and oxygen atoms in total. The fraction of sp³-hybridized carbons (Fsp3) is 0.391. The number of hydrogen-bond donors (Lipinski definition) is 4. The Hall–Kier alpha value is -3.33. The number of ether oxygens (including phenoxy) is 2. The van der Waals surface area contributed by atoms with Gasteiger partial charge in [-0.15, -0.1) is 0 Å². The van der Waals surface area contributed by atoms with Gasteiger partial charge in [-0.1, -0.05) is 18.2 Å². The minimum Gasteiger partial charge on any atom is -0.508 e. The van der Waals surface area contributed by atoms with Gasteiger partial charge in [-0.3, -0.25) is 4.39 Å². The molecule has 174 valence electrons. The number of benzene rings is 2. The first-order valence-electron chi connectivity index (χ1n) is 10.3. The lowest BCUT2D eigenvalue weighted by Gasteiger charge is -2.26. The monoisotopic (exact) mass is 449 g/mol. The molecule has 0 saturated heterocycles. The average Bonchev–Trinajstić information content (AvgIpc) is 2.78. The van der Waals surface area contributed by atoms with Crippen molar-refractivity contribution in [2.24, 2.45) is 0 Å². The Balaban J connectivity index is 0.000000534. The number of carboxylic acids is 2. The van der Waals surface area contributed by atoms with Crippen LogP contribution in [0.25, 0.3) is 0 Å². The number of carbonyl (C=O) groups is 2. The van der Waals surface area contributed by atoms with E-state index >= 15 is 0 Å². The molecule has 3 rings (SSSR count). The van der Waals surface area contributed by atoms with Crippen molar-refractivity contribution in [3.63, 3.8) is 0 Å². The number of phenols is 1. The van der Waals surface area contributed by atoms with Gasteiger partial charge < -0.3 is 30.1 Å². The Kier molecular flexibility index (Phi) is 10.3. The number of aryl methyl sites for hydroxylation is 1. The summed E-state index contributed by atoms with van der Waals surface area (Å²) in [6.45, 7) is 1.79. The molecule has 4 N–H and O–H groups in total. The summed E-state index contributed by atoms with van der Waals surface area (Å²) in [5.74, 6) is -1.80. The van der Waals surface area contributed by atoms with Crippen LogP contribution in [0.5, 0.6) is 17.2 Å². The zero-order valence-corrected chi connectivity index (χ0v) is 17.6. The maximum absolute atomic E-state index is 12.0. The minimum absolute atomic E-state index is 0.113. The van der Waals surface area contributed by atoms with Crippen LogP contribution in [0.15, 0.2) is 42.5 Å². The number of halogens is 1. The smallest absolute Gasteiger partial charge is 0.414 e. The summed E-state index contributed by atoms with van der Waals surface area (Å²) < 4.78 is 23.6. The zero-order valence-electron chi connectivity index (χ0n) is 17.6. The largest absolute Gasteiger partial charge is 0.508 e. The van der Waals surface area contributed by atoms with Crippen molar-refractivity contribution in [3.05, 3.63) is 53.6 Å². The van der Waals surface area contributed by atoms with Crippen LogP contribution in [0.3, 0.4) is 0 Å². The molecule has 1 aliphatic heterocycles. The lowest BCUT2D eigenvalue weighted by molar-refractivity contribution is -0.159. The molecule has 0 radical (unpaired) electrons. The van der Waals surface area contributed by atoms with Gasteiger partial charge in [0.15, 0.2) is 0 Å². The molecule has 0 spiro atoms. The molecule has 0 aliphatic carbocycles. The number of hydrogen-bond acceptors (Lipinski definition) is 6. The molecule has 1 aliphatic rings. The van der Waals surface area contributed by atoms with Gasteiger partial charge in [0, 0.05) is 19.2 Å². The molecule has 2 aromatic rings. The van der Waals surface area contributed by atoms with E-state index in [4.69, 9.17) is 29.3 Å². The van der Waals surface area contributed by atoms with E-state index in [0.717, 1.165) is 49.4 Å². The van der Waals surface area contributed by atoms with Gasteiger partial charge in [0.1, 0.15) is 23.4 Å². The van der Waals surface area contributed by atoms with Gasteiger partial charge in [-0.2, -0.15) is 0 Å². The van der Waals surface area contributed by atoms with Crippen LogP contribution in [0.2, 0.25) is 0 Å². The van der Waals surface area contributed by atoms with E-state index < -0.39 is 11.9 Å². The number of phenolic OH excluding ortho intramolecular Hbond substituents is 1. The third kappa shape index (κ3) is 8.81. The van der Waals surface area contributed by atoms with Gasteiger partial charge in [0.2, 0.25) is 0 Å². The normalized spacial score (nSPS) is 14.3. The predicted octanol–water partition coefficient (Wildman–Crippen LogP) is 3.16. The van der Waals surface area contributed by atoms with Crippen molar-refractivity contribution in [2.45, 2.75) is 38.3 Å². The quantitative estimate of drug-likeness (QED) is 0.340. The molecule has 1 atom stereocenters. The zero-order chi connectivity index (χ0) is 23.3. The third-order valence-electron chi connectivity index (χ3n) is 4.68. The van der Waals surface area contributed by atoms with Crippen LogP contribution in [-0.2, 0) is 22.6 Å². The second kappa shape index (κ2) is 13.2. The molecular weight excluding hydrogens is 421 g/mol. The van der Waals surface area contributed by atoms with Crippen molar-refractivity contribution >= 4 is 11.9 Å². The second-order valence-electron chi connectivity index (χ2n) is 7.20. The van der Waals surface area contributed by atoms with Gasteiger partial charge >= 0.3 is 11.9 Å². The summed E-state index contributed by atoms with van der Waals surface area (Å²) >= 11 is 0. The Morgan fingerprint density at radius 1 is 1.09 bits per heavy atom. The lowest BCUT2D eigenvalue weighted by atomic mass is 10.0. The number of nitrogens with one attached hydrogen (secondary N) is 1. The van der Waals surface area contributed by atoms with Crippen molar-refractivity contribution < 1.29 is 38.8 Å². The topological polar surface area (TPSA) is 125 Å². The number of unbranched alkanes of at least 4 members (excludes halogenated alkanes) is 1. The van der Waals surface area contributed by atoms with Crippen LogP contribution in [-0.4, -0.2) is 53.2 Å². The summed E-state index contributed by atoms with van der Waals surface area (Å²) in [6, 6.07) is 13.3. The fourth-order valence-electron chi connectivity index (χ4n) is 3.03. The number of aliphatic carboxylic acids is 2. The predicted molar refractivity (Wildman–Crippen MR) is 115 cm³/mol. The van der Waals surface area contributed by atoms with E-state index in [9.17, 15) is 9.50 Å². The molecule has 0 fully saturated rings. The van der Waals surface area contributed by atoms with E-state index in [1.807, 2.05) is 30.3 Å². The van der Waals surface area contributed by atoms with Crippen LogP contribution in [0, 0.1) is 0 Å². The van der Waals surface area contributed by atoms with Crippen molar-refractivity contribution in [3.8, 4) is 17.2 Å². The average molecular weight is 449 g/mol. The number of aromatic hydroxyl groups is 1. The van der Waals surface area contributed by atoms with Gasteiger partial charge in [-0.05, 0) is 55.0 Å². The molecule has 32 heavy (non-hydrogen) atoms. The minimum atomic E-state index is -1.82. The molecule has 9 heteroatoms. The SMILES string of the molecule is O=C(O)C(=O)O.Oc1ccc2c(c1)O[C@@H](CNCc1ccc(OCCCCF)cc1)CC2. The molecule has 0 bridgehead atoms. The number of fused-ring (bicyclic) bond motifs is 1. The van der Waals surface area contributed by atoms with Gasteiger partial charge in [0.25, 0.3) is 0 Å². The lowest BCUT2D eigenvalue weighted by Crippen LogP contribution is -2.33. The summed E-state index contributed by atoms with van der Waals surface area (Å²) in [5, 5.41) is 27.8. The first-order chi connectivity index (χ1) is 15.4. The van der Waals surface area contributed by atoms with E-state index in [0.29, 0.717) is 13.0 Å². The maximum atomic E-state index is 12.0. The van der Waals surface area contributed by atoms with Crippen molar-refractivity contribution in [2.75, 3.05) is 19.8 Å². The van der Waals surface area contributed by atoms with E-state index in [2.05, 4.69) is 5.32 Å². The summed E-state index contributed by atoms with van der Waals surface area (Å²) in [4.78, 5) is 18.2. The van der Waals surface area contributed by atoms with E-state index in [-0.39, 0.29) is 18.5 Å². The first-order valence-corrected chi connectivity index (χ1v) is 10.3. The molecule has 0 saturated carbocycles. The number of alkyl halides is 1. The summed E-state index contributed by atoms with van der Waals surface area (Å²) in [7, 11) is 0. The Morgan fingerprint density at radius 2 is 1.81 bits per heavy atom. The maximum Gasteiger partial charge on any atom is 0.414 e. The highest BCUT2D eigenvalue weighted by Crippen LogP contribution is 2.30. The molecular formula is C23H28FNO7. The van der Waals surface area contributed by atoms with Crippen LogP contribution < -0.4 is 14.8 Å². The molecule has 2 aromatic carbocycles. The number of carboxylic acid groups (broad SMARTS) is 2. The highest BCUT2D eigenvalue weighted by molar-refractivity contribution is 6.27. The van der Waals surface area contributed by atoms with Crippen LogP contribution >= 0.6 is 0 Å². The molecule has 0 aromatic heterocycles. The second-order valence-corrected chi connectivity index (χ2v) is 7.20. The highest BCUT2D eigenvalue weighted by atomic mass is 19.1. The van der Waals surface area contributed by atoms with Crippen molar-refractivity contribution in [1.29, 1.82) is 0 Å². The number of rotatable bonds is 9. The molecule has 1 heterocycles. The molecule has 0 unspecified atom stereocenters. The van der Waals surface area contributed by atoms with Crippen molar-refractivity contribution in [1.82, 2.24) is 5.32 Å². The highest BCUT2D eigenvalue weighted by Gasteiger charge is 2.19. The Morgan fingerprint density at radius 3 is 2.47 bits per heavy atom. The Bertz CT molecular complexity index is 861. The standard InChI is InChI=1S/C21H26FNO3.C2H2O4/c22-11-1-2-12-25-19-8-3-16(4-9-19)14-23-15-20-10-6-17-5-7-18(24)13-21(17)26-20;3-1(4)2(5)6/h3-5,7-9,13,20,23-24H,1-2,6,10-12,14-15H2;(H,3,4)(H,5,6)/t20-;/m1./s1. The fourth-order valence-corrected chi connectivity index (χ4v) is 3.03. The Labute approximate surface area is 185 Å². The molecule has 0 amide bonds. The first kappa shape index (κ1) is 24.9. The third-order valence-corrected chi connectivity index (χ3v) is 4.68. The van der Waals surface area contributed by atoms with Crippen LogP contribution in [0.1, 0.15) is 30.4 Å². The van der Waals surface area contributed by atoms with Gasteiger partial charge in [0.05, 0.1) is 13.3 Å². The van der Waals surface area contributed by atoms with E-state index in [1.54, 1.807) is 12.1 Å². The van der Waals surface area contributed by atoms with E-state index in [1.165, 1.54) is 5.56 Å². The summed E-state index contributed by atoms with van der Waals surface area (Å²) in [5.41, 5.74) is 2.33. The van der Waals surface area contributed by atoms with Gasteiger partial charge in [-0.25, -0.2) is 9.59 Å². The van der Waals surface area contributed by atoms with Crippen LogP contribution in [0.4, 0.5) is 4.39 Å².